The molecule has 0 heterocycles. The molecule has 0 atom stereocenters. The zero-order valence-electron chi connectivity index (χ0n) is 17.5. The van der Waals surface area contributed by atoms with E-state index in [0.29, 0.717) is 26.4 Å². The van der Waals surface area contributed by atoms with Crippen LogP contribution in [0.1, 0.15) is 34.1 Å². The van der Waals surface area contributed by atoms with Crippen LogP contribution in [0.15, 0.2) is 12.1 Å². The third-order valence-electron chi connectivity index (χ3n) is 3.69. The normalized spacial score (nSPS) is 10.5. The Bertz CT molecular complexity index is 631. The van der Waals surface area contributed by atoms with E-state index in [9.17, 15) is 9.59 Å². The Kier molecular flexibility index (Phi) is 12.4. The molecular formula is C20H30O9. The lowest BCUT2D eigenvalue weighted by Gasteiger charge is -2.14. The molecule has 0 spiro atoms. The summed E-state index contributed by atoms with van der Waals surface area (Å²) in [5, 5.41) is 0. The maximum absolute atomic E-state index is 12.0. The minimum atomic E-state index is -0.646. The van der Waals surface area contributed by atoms with Crippen LogP contribution in [0.5, 0.6) is 11.5 Å². The first-order chi connectivity index (χ1) is 14.1. The van der Waals surface area contributed by atoms with Crippen molar-refractivity contribution in [3.8, 4) is 11.5 Å². The van der Waals surface area contributed by atoms with Gasteiger partial charge in [0, 0.05) is 12.7 Å². The summed E-state index contributed by atoms with van der Waals surface area (Å²) in [5.41, 5.74) is 0.183. The van der Waals surface area contributed by atoms with Crippen LogP contribution in [-0.4, -0.2) is 79.5 Å². The standard InChI is InChI=1S/C20H30O9/c1-5-6-26-7-8-27-9-10-28-11-12-29-18-14-17(23-2)15(19(21)24-3)13-16(18)20(22)25-4/h13-14H,5-12H2,1-4H3. The van der Waals surface area contributed by atoms with Crippen LogP contribution in [0, 0.1) is 0 Å². The number of methoxy groups -OCH3 is 3. The minimum Gasteiger partial charge on any atom is -0.496 e. The number of hydrogen-bond donors (Lipinski definition) is 0. The average Bonchev–Trinajstić information content (AvgIpc) is 2.75. The maximum Gasteiger partial charge on any atom is 0.341 e. The van der Waals surface area contributed by atoms with Crippen molar-refractivity contribution in [2.75, 3.05) is 67.6 Å². The summed E-state index contributed by atoms with van der Waals surface area (Å²) in [6, 6.07) is 2.76. The van der Waals surface area contributed by atoms with Gasteiger partial charge in [0.1, 0.15) is 29.2 Å². The maximum atomic E-state index is 12.0. The first kappa shape index (κ1) is 24.7. The van der Waals surface area contributed by atoms with E-state index in [0.717, 1.165) is 13.0 Å². The van der Waals surface area contributed by atoms with E-state index in [2.05, 4.69) is 6.92 Å². The summed E-state index contributed by atoms with van der Waals surface area (Å²) in [7, 11) is 3.88. The van der Waals surface area contributed by atoms with Crippen LogP contribution in [0.2, 0.25) is 0 Å². The van der Waals surface area contributed by atoms with Crippen LogP contribution < -0.4 is 9.47 Å². The molecule has 0 N–H and O–H groups in total. The number of hydrogen-bond acceptors (Lipinski definition) is 9. The van der Waals surface area contributed by atoms with E-state index in [1.807, 2.05) is 0 Å². The van der Waals surface area contributed by atoms with E-state index in [-0.39, 0.29) is 35.8 Å². The van der Waals surface area contributed by atoms with Crippen molar-refractivity contribution in [1.29, 1.82) is 0 Å². The molecule has 0 bridgehead atoms. The lowest BCUT2D eigenvalue weighted by Crippen LogP contribution is -2.15. The summed E-state index contributed by atoms with van der Waals surface area (Å²) in [6.07, 6.45) is 0.984. The minimum absolute atomic E-state index is 0.0871. The molecule has 0 saturated heterocycles. The number of carbonyl (C=O) groups is 2. The first-order valence-corrected chi connectivity index (χ1v) is 9.33. The van der Waals surface area contributed by atoms with Crippen molar-refractivity contribution < 1.29 is 42.7 Å². The highest BCUT2D eigenvalue weighted by Crippen LogP contribution is 2.30. The predicted octanol–water partition coefficient (Wildman–Crippen LogP) is 2.11. The number of esters is 2. The van der Waals surface area contributed by atoms with Crippen molar-refractivity contribution >= 4 is 11.9 Å². The Morgan fingerprint density at radius 3 is 1.66 bits per heavy atom. The van der Waals surface area contributed by atoms with Crippen LogP contribution in [-0.2, 0) is 23.7 Å². The topological polar surface area (TPSA) is 98.8 Å². The zero-order valence-corrected chi connectivity index (χ0v) is 17.5. The fourth-order valence-corrected chi connectivity index (χ4v) is 2.29. The highest BCUT2D eigenvalue weighted by Gasteiger charge is 2.22. The molecule has 164 valence electrons. The van der Waals surface area contributed by atoms with Gasteiger partial charge in [-0.1, -0.05) is 6.92 Å². The van der Waals surface area contributed by atoms with Crippen LogP contribution in [0.3, 0.4) is 0 Å². The highest BCUT2D eigenvalue weighted by molar-refractivity contribution is 5.99. The molecule has 0 aliphatic rings. The molecular weight excluding hydrogens is 384 g/mol. The summed E-state index contributed by atoms with van der Waals surface area (Å²) in [5.74, 6) is -0.845. The number of ether oxygens (including phenoxy) is 7. The molecule has 1 aromatic carbocycles. The van der Waals surface area contributed by atoms with Gasteiger partial charge in [-0.15, -0.1) is 0 Å². The molecule has 9 heteroatoms. The molecule has 0 amide bonds. The largest absolute Gasteiger partial charge is 0.496 e. The van der Waals surface area contributed by atoms with E-state index >= 15 is 0 Å². The van der Waals surface area contributed by atoms with Gasteiger partial charge in [-0.2, -0.15) is 0 Å². The van der Waals surface area contributed by atoms with Gasteiger partial charge in [0.15, 0.2) is 0 Å². The summed E-state index contributed by atoms with van der Waals surface area (Å²) in [4.78, 5) is 23.9. The van der Waals surface area contributed by atoms with Crippen molar-refractivity contribution in [1.82, 2.24) is 0 Å². The molecule has 0 fully saturated rings. The molecule has 0 unspecified atom stereocenters. The smallest absolute Gasteiger partial charge is 0.341 e. The van der Waals surface area contributed by atoms with Crippen molar-refractivity contribution in [2.45, 2.75) is 13.3 Å². The average molecular weight is 414 g/mol. The SMILES string of the molecule is CCCOCCOCCOCCOc1cc(OC)c(C(=O)OC)cc1C(=O)OC. The zero-order chi connectivity index (χ0) is 21.5. The van der Waals surface area contributed by atoms with Gasteiger partial charge in [-0.3, -0.25) is 0 Å². The fraction of sp³-hybridized carbons (Fsp3) is 0.600. The molecule has 0 aliphatic carbocycles. The lowest BCUT2D eigenvalue weighted by atomic mass is 10.1. The van der Waals surface area contributed by atoms with Gasteiger partial charge in [-0.25, -0.2) is 9.59 Å². The second-order valence-corrected chi connectivity index (χ2v) is 5.72. The first-order valence-electron chi connectivity index (χ1n) is 9.33. The van der Waals surface area contributed by atoms with Crippen molar-refractivity contribution in [3.05, 3.63) is 23.3 Å². The van der Waals surface area contributed by atoms with Gasteiger partial charge >= 0.3 is 11.9 Å². The van der Waals surface area contributed by atoms with Crippen LogP contribution in [0.4, 0.5) is 0 Å². The Hall–Kier alpha value is -2.36. The highest BCUT2D eigenvalue weighted by atomic mass is 16.6. The summed E-state index contributed by atoms with van der Waals surface area (Å²) >= 11 is 0. The molecule has 0 aromatic heterocycles. The lowest BCUT2D eigenvalue weighted by molar-refractivity contribution is 0.00933. The molecule has 1 rings (SSSR count). The predicted molar refractivity (Wildman–Crippen MR) is 104 cm³/mol. The molecule has 0 radical (unpaired) electrons. The van der Waals surface area contributed by atoms with Crippen molar-refractivity contribution in [3.63, 3.8) is 0 Å². The Morgan fingerprint density at radius 1 is 0.690 bits per heavy atom. The van der Waals surface area contributed by atoms with Gasteiger partial charge in [-0.05, 0) is 12.5 Å². The summed E-state index contributed by atoms with van der Waals surface area (Å²) in [6.45, 7) is 5.20. The van der Waals surface area contributed by atoms with Gasteiger partial charge in [0.2, 0.25) is 0 Å². The van der Waals surface area contributed by atoms with Crippen molar-refractivity contribution in [2.24, 2.45) is 0 Å². The van der Waals surface area contributed by atoms with Gasteiger partial charge < -0.3 is 33.2 Å². The third kappa shape index (κ3) is 8.68. The second kappa shape index (κ2) is 14.6. The van der Waals surface area contributed by atoms with Crippen LogP contribution in [0.25, 0.3) is 0 Å². The number of benzene rings is 1. The van der Waals surface area contributed by atoms with E-state index in [1.165, 1.54) is 33.5 Å². The quantitative estimate of drug-likeness (QED) is 0.316. The molecule has 9 nitrogen and oxygen atoms in total. The Labute approximate surface area is 171 Å². The van der Waals surface area contributed by atoms with E-state index in [1.54, 1.807) is 0 Å². The Balaban J connectivity index is 2.52. The number of carbonyl (C=O) groups excluding carboxylic acids is 2. The molecule has 29 heavy (non-hydrogen) atoms. The molecule has 0 saturated carbocycles. The number of rotatable bonds is 15. The van der Waals surface area contributed by atoms with Crippen LogP contribution >= 0.6 is 0 Å². The van der Waals surface area contributed by atoms with E-state index < -0.39 is 11.9 Å². The fourth-order valence-electron chi connectivity index (χ4n) is 2.29. The molecule has 1 aromatic rings. The monoisotopic (exact) mass is 414 g/mol. The van der Waals surface area contributed by atoms with Gasteiger partial charge in [0.25, 0.3) is 0 Å². The third-order valence-corrected chi connectivity index (χ3v) is 3.69. The Morgan fingerprint density at radius 2 is 1.17 bits per heavy atom. The second-order valence-electron chi connectivity index (χ2n) is 5.72. The van der Waals surface area contributed by atoms with Gasteiger partial charge in [0.05, 0.1) is 54.4 Å². The van der Waals surface area contributed by atoms with E-state index in [4.69, 9.17) is 33.2 Å². The summed E-state index contributed by atoms with van der Waals surface area (Å²) < 4.78 is 36.4. The molecule has 0 aliphatic heterocycles.